The summed E-state index contributed by atoms with van der Waals surface area (Å²) in [4.78, 5) is 11.6. The molecule has 0 fully saturated rings. The molecule has 0 aliphatic carbocycles. The molecule has 7 nitrogen and oxygen atoms in total. The van der Waals surface area contributed by atoms with Gasteiger partial charge >= 0.3 is 5.97 Å². The number of aryl methyl sites for hydroxylation is 2. The summed E-state index contributed by atoms with van der Waals surface area (Å²) >= 11 is 6.38. The van der Waals surface area contributed by atoms with Crippen molar-refractivity contribution < 1.29 is 23.7 Å². The van der Waals surface area contributed by atoms with Crippen LogP contribution in [-0.4, -0.2) is 36.3 Å². The molecule has 0 bridgehead atoms. The third-order valence-corrected chi connectivity index (χ3v) is 4.04. The van der Waals surface area contributed by atoms with Gasteiger partial charge in [0.05, 0.1) is 17.3 Å². The molecule has 0 spiro atoms. The van der Waals surface area contributed by atoms with Crippen LogP contribution in [0.4, 0.5) is 0 Å². The number of methoxy groups -OCH3 is 1. The van der Waals surface area contributed by atoms with Gasteiger partial charge in [-0.05, 0) is 32.9 Å². The van der Waals surface area contributed by atoms with Gasteiger partial charge in [0.2, 0.25) is 5.88 Å². The van der Waals surface area contributed by atoms with E-state index in [9.17, 15) is 4.79 Å². The van der Waals surface area contributed by atoms with E-state index in [2.05, 4.69) is 5.10 Å². The Balaban J connectivity index is 2.38. The van der Waals surface area contributed by atoms with Crippen molar-refractivity contribution in [1.82, 2.24) is 9.78 Å². The maximum Gasteiger partial charge on any atom is 0.330 e. The average molecular weight is 395 g/mol. The fraction of sp³-hybridized carbons (Fsp3) is 0.368. The van der Waals surface area contributed by atoms with Crippen LogP contribution in [0.3, 0.4) is 0 Å². The van der Waals surface area contributed by atoms with Gasteiger partial charge in [-0.25, -0.2) is 9.48 Å². The molecule has 0 saturated heterocycles. The summed E-state index contributed by atoms with van der Waals surface area (Å²) in [5, 5.41) is 4.69. The highest BCUT2D eigenvalue weighted by molar-refractivity contribution is 6.32. The topological polar surface area (TPSA) is 71.8 Å². The van der Waals surface area contributed by atoms with Crippen LogP contribution in [0.5, 0.6) is 17.4 Å². The summed E-state index contributed by atoms with van der Waals surface area (Å²) in [7, 11) is 3.31. The number of esters is 1. The van der Waals surface area contributed by atoms with Crippen molar-refractivity contribution in [3.63, 3.8) is 0 Å². The minimum atomic E-state index is -0.451. The maximum absolute atomic E-state index is 11.6. The molecule has 0 saturated carbocycles. The lowest BCUT2D eigenvalue weighted by molar-refractivity contribution is -0.137. The Bertz CT molecular complexity index is 845. The number of halogens is 1. The van der Waals surface area contributed by atoms with Crippen LogP contribution >= 0.6 is 11.6 Å². The quantitative estimate of drug-likeness (QED) is 0.382. The van der Waals surface area contributed by atoms with Crippen molar-refractivity contribution in [3.8, 4) is 17.4 Å². The van der Waals surface area contributed by atoms with Crippen LogP contribution < -0.4 is 9.47 Å². The standard InChI is InChI=1S/C19H23ClN2O5/c1-6-25-18(23)8-7-14-9-15(20)17(10-16(14)26-11-24-5)27-19-12(2)13(3)21-22(19)4/h7-10H,6,11H2,1-5H3/b8-7+. The number of carbonyl (C=O) groups excluding carboxylic acids is 1. The summed E-state index contributed by atoms with van der Waals surface area (Å²) in [5.41, 5.74) is 2.38. The number of carbonyl (C=O) groups is 1. The molecule has 0 aliphatic heterocycles. The van der Waals surface area contributed by atoms with Gasteiger partial charge in [-0.3, -0.25) is 0 Å². The molecule has 0 unspecified atom stereocenters. The molecule has 1 aromatic carbocycles. The Kier molecular flexibility index (Phi) is 7.27. The monoisotopic (exact) mass is 394 g/mol. The highest BCUT2D eigenvalue weighted by Crippen LogP contribution is 2.37. The van der Waals surface area contributed by atoms with E-state index in [-0.39, 0.29) is 6.79 Å². The smallest absolute Gasteiger partial charge is 0.330 e. The molecule has 0 radical (unpaired) electrons. The number of rotatable bonds is 8. The zero-order valence-corrected chi connectivity index (χ0v) is 16.8. The van der Waals surface area contributed by atoms with Crippen LogP contribution in [0.2, 0.25) is 5.02 Å². The summed E-state index contributed by atoms with van der Waals surface area (Å²) in [6.07, 6.45) is 2.88. The highest BCUT2D eigenvalue weighted by Gasteiger charge is 2.16. The number of aromatic nitrogens is 2. The minimum Gasteiger partial charge on any atom is -0.467 e. The summed E-state index contributed by atoms with van der Waals surface area (Å²) < 4.78 is 23.1. The normalized spacial score (nSPS) is 11.0. The Morgan fingerprint density at radius 2 is 2.04 bits per heavy atom. The van der Waals surface area contributed by atoms with Crippen LogP contribution in [0, 0.1) is 13.8 Å². The first-order chi connectivity index (χ1) is 12.9. The van der Waals surface area contributed by atoms with Gasteiger partial charge in [-0.1, -0.05) is 11.6 Å². The SMILES string of the molecule is CCOC(=O)/C=C/c1cc(Cl)c(Oc2c(C)c(C)nn2C)cc1OCOC. The third kappa shape index (κ3) is 5.24. The van der Waals surface area contributed by atoms with Gasteiger partial charge in [-0.15, -0.1) is 0 Å². The van der Waals surface area contributed by atoms with E-state index in [1.54, 1.807) is 36.9 Å². The number of hydrogen-bond donors (Lipinski definition) is 0. The Labute approximate surface area is 163 Å². The van der Waals surface area contributed by atoms with Crippen molar-refractivity contribution in [3.05, 3.63) is 40.1 Å². The van der Waals surface area contributed by atoms with Crippen molar-refractivity contribution in [2.24, 2.45) is 7.05 Å². The van der Waals surface area contributed by atoms with Gasteiger partial charge in [0.1, 0.15) is 5.75 Å². The van der Waals surface area contributed by atoms with E-state index in [0.717, 1.165) is 11.3 Å². The molecule has 2 rings (SSSR count). The van der Waals surface area contributed by atoms with Crippen molar-refractivity contribution >= 4 is 23.6 Å². The van der Waals surface area contributed by atoms with Gasteiger partial charge in [0.25, 0.3) is 0 Å². The Morgan fingerprint density at radius 3 is 2.63 bits per heavy atom. The Morgan fingerprint density at radius 1 is 1.30 bits per heavy atom. The molecule has 0 aliphatic rings. The van der Waals surface area contributed by atoms with Gasteiger partial charge in [0, 0.05) is 37.4 Å². The van der Waals surface area contributed by atoms with Crippen molar-refractivity contribution in [1.29, 1.82) is 0 Å². The number of hydrogen-bond acceptors (Lipinski definition) is 6. The lowest BCUT2D eigenvalue weighted by Crippen LogP contribution is -2.02. The predicted octanol–water partition coefficient (Wildman–Crippen LogP) is 4.04. The predicted molar refractivity (Wildman–Crippen MR) is 102 cm³/mol. The van der Waals surface area contributed by atoms with Crippen molar-refractivity contribution in [2.45, 2.75) is 20.8 Å². The van der Waals surface area contributed by atoms with E-state index in [1.165, 1.54) is 13.2 Å². The second kappa shape index (κ2) is 9.43. The van der Waals surface area contributed by atoms with Crippen LogP contribution in [0.1, 0.15) is 23.7 Å². The van der Waals surface area contributed by atoms with E-state index in [0.29, 0.717) is 34.6 Å². The second-order valence-electron chi connectivity index (χ2n) is 5.70. The lowest BCUT2D eigenvalue weighted by Gasteiger charge is -2.14. The first-order valence-corrected chi connectivity index (χ1v) is 8.73. The van der Waals surface area contributed by atoms with Crippen LogP contribution in [-0.2, 0) is 21.3 Å². The zero-order valence-electron chi connectivity index (χ0n) is 16.0. The van der Waals surface area contributed by atoms with E-state index in [4.69, 9.17) is 30.5 Å². The lowest BCUT2D eigenvalue weighted by atomic mass is 10.1. The summed E-state index contributed by atoms with van der Waals surface area (Å²) in [5.74, 6) is 0.991. The largest absolute Gasteiger partial charge is 0.467 e. The first kappa shape index (κ1) is 20.8. The fourth-order valence-corrected chi connectivity index (χ4v) is 2.55. The molecule has 146 valence electrons. The van der Waals surface area contributed by atoms with Crippen molar-refractivity contribution in [2.75, 3.05) is 20.5 Å². The Hall–Kier alpha value is -2.51. The fourth-order valence-electron chi connectivity index (χ4n) is 2.34. The molecule has 0 N–H and O–H groups in total. The van der Waals surface area contributed by atoms with Crippen LogP contribution in [0.15, 0.2) is 18.2 Å². The molecular formula is C19H23ClN2O5. The van der Waals surface area contributed by atoms with E-state index in [1.807, 2.05) is 13.8 Å². The molecule has 27 heavy (non-hydrogen) atoms. The summed E-state index contributed by atoms with van der Waals surface area (Å²) in [6.45, 7) is 5.90. The van der Waals surface area contributed by atoms with Gasteiger partial charge in [-0.2, -0.15) is 5.10 Å². The van der Waals surface area contributed by atoms with E-state index < -0.39 is 5.97 Å². The molecule has 8 heteroatoms. The van der Waals surface area contributed by atoms with Gasteiger partial charge < -0.3 is 18.9 Å². The first-order valence-electron chi connectivity index (χ1n) is 8.35. The molecule has 1 heterocycles. The molecule has 0 atom stereocenters. The number of benzene rings is 1. The molecular weight excluding hydrogens is 372 g/mol. The van der Waals surface area contributed by atoms with Gasteiger partial charge in [0.15, 0.2) is 12.5 Å². The average Bonchev–Trinajstić information content (AvgIpc) is 2.86. The highest BCUT2D eigenvalue weighted by atomic mass is 35.5. The van der Waals surface area contributed by atoms with E-state index >= 15 is 0 Å². The van der Waals surface area contributed by atoms with Crippen LogP contribution in [0.25, 0.3) is 6.08 Å². The zero-order chi connectivity index (χ0) is 20.0. The molecule has 0 amide bonds. The second-order valence-corrected chi connectivity index (χ2v) is 6.11. The molecule has 1 aromatic heterocycles. The minimum absolute atomic E-state index is 0.0329. The number of ether oxygens (including phenoxy) is 4. The third-order valence-electron chi connectivity index (χ3n) is 3.75. The summed E-state index contributed by atoms with van der Waals surface area (Å²) in [6, 6.07) is 3.30. The number of nitrogens with zero attached hydrogens (tertiary/aromatic N) is 2. The maximum atomic E-state index is 11.6. The molecule has 2 aromatic rings.